The summed E-state index contributed by atoms with van der Waals surface area (Å²) in [5.41, 5.74) is 0.454. The molecule has 0 saturated heterocycles. The van der Waals surface area contributed by atoms with Gasteiger partial charge in [-0.25, -0.2) is 9.89 Å². The van der Waals surface area contributed by atoms with Crippen LogP contribution in [0.15, 0.2) is 10.9 Å². The first kappa shape index (κ1) is 7.71. The van der Waals surface area contributed by atoms with Crippen molar-refractivity contribution in [1.82, 2.24) is 30.0 Å². The topological polar surface area (TPSA) is 81.4 Å². The second kappa shape index (κ2) is 2.54. The number of hydrogen-bond donors (Lipinski definition) is 1. The van der Waals surface area contributed by atoms with Crippen LogP contribution in [-0.2, 0) is 7.05 Å². The van der Waals surface area contributed by atoms with Gasteiger partial charge >= 0.3 is 5.69 Å². The molecule has 0 aromatic carbocycles. The van der Waals surface area contributed by atoms with E-state index in [0.717, 1.165) is 10.4 Å². The molecular formula is C6H8N6O. The van der Waals surface area contributed by atoms with Crippen LogP contribution in [0, 0.1) is 6.92 Å². The summed E-state index contributed by atoms with van der Waals surface area (Å²) in [5.74, 6) is 0.594. The van der Waals surface area contributed by atoms with Gasteiger partial charge in [-0.05, 0) is 17.4 Å². The highest BCUT2D eigenvalue weighted by molar-refractivity contribution is 5.22. The van der Waals surface area contributed by atoms with Crippen molar-refractivity contribution in [2.24, 2.45) is 7.05 Å². The number of rotatable bonds is 1. The minimum absolute atomic E-state index is 0.372. The molecule has 0 bridgehead atoms. The van der Waals surface area contributed by atoms with Gasteiger partial charge in [-0.3, -0.25) is 4.68 Å². The number of aromatic amines is 1. The van der Waals surface area contributed by atoms with Crippen molar-refractivity contribution in [2.45, 2.75) is 6.92 Å². The lowest BCUT2D eigenvalue weighted by Gasteiger charge is -1.95. The highest BCUT2D eigenvalue weighted by Gasteiger charge is 2.07. The van der Waals surface area contributed by atoms with E-state index in [4.69, 9.17) is 0 Å². The molecule has 2 aromatic heterocycles. The predicted octanol–water partition coefficient (Wildman–Crippen LogP) is -1.00. The maximum Gasteiger partial charge on any atom is 0.367 e. The molecule has 0 spiro atoms. The summed E-state index contributed by atoms with van der Waals surface area (Å²) in [6.45, 7) is 1.84. The SMILES string of the molecule is Cc1cc(-n2nn[nH]c2=O)n(C)n1. The maximum absolute atomic E-state index is 11.1. The smallest absolute Gasteiger partial charge is 0.250 e. The number of tetrazole rings is 1. The number of aryl methyl sites for hydroxylation is 2. The van der Waals surface area contributed by atoms with E-state index in [-0.39, 0.29) is 5.69 Å². The fraction of sp³-hybridized carbons (Fsp3) is 0.333. The van der Waals surface area contributed by atoms with E-state index in [9.17, 15) is 4.79 Å². The van der Waals surface area contributed by atoms with Crippen molar-refractivity contribution < 1.29 is 0 Å². The van der Waals surface area contributed by atoms with Crippen LogP contribution < -0.4 is 5.69 Å². The van der Waals surface area contributed by atoms with Crippen LogP contribution >= 0.6 is 0 Å². The summed E-state index contributed by atoms with van der Waals surface area (Å²) in [5, 5.41) is 13.3. The minimum atomic E-state index is -0.372. The van der Waals surface area contributed by atoms with Gasteiger partial charge in [-0.2, -0.15) is 5.10 Å². The number of aromatic nitrogens is 6. The highest BCUT2D eigenvalue weighted by Crippen LogP contribution is 2.03. The van der Waals surface area contributed by atoms with Crippen molar-refractivity contribution in [3.8, 4) is 5.82 Å². The number of H-pyrrole nitrogens is 1. The lowest BCUT2D eigenvalue weighted by Crippen LogP contribution is -2.18. The quantitative estimate of drug-likeness (QED) is 0.610. The second-order valence-electron chi connectivity index (χ2n) is 2.69. The Labute approximate surface area is 73.0 Å². The monoisotopic (exact) mass is 180 g/mol. The summed E-state index contributed by atoms with van der Waals surface area (Å²) < 4.78 is 2.72. The molecule has 68 valence electrons. The van der Waals surface area contributed by atoms with Crippen LogP contribution in [0.1, 0.15) is 5.69 Å². The third-order valence-electron chi connectivity index (χ3n) is 1.67. The Morgan fingerprint density at radius 1 is 1.54 bits per heavy atom. The van der Waals surface area contributed by atoms with Gasteiger partial charge in [0.1, 0.15) is 0 Å². The molecule has 0 amide bonds. The Morgan fingerprint density at radius 3 is 2.77 bits per heavy atom. The third-order valence-corrected chi connectivity index (χ3v) is 1.67. The molecule has 13 heavy (non-hydrogen) atoms. The van der Waals surface area contributed by atoms with Crippen LogP contribution in [0.5, 0.6) is 0 Å². The van der Waals surface area contributed by atoms with E-state index in [1.54, 1.807) is 17.8 Å². The van der Waals surface area contributed by atoms with Crippen LogP contribution in [0.4, 0.5) is 0 Å². The summed E-state index contributed by atoms with van der Waals surface area (Å²) in [6.07, 6.45) is 0. The van der Waals surface area contributed by atoms with Gasteiger partial charge in [-0.1, -0.05) is 0 Å². The van der Waals surface area contributed by atoms with Crippen molar-refractivity contribution in [2.75, 3.05) is 0 Å². The number of nitrogens with zero attached hydrogens (tertiary/aromatic N) is 5. The second-order valence-corrected chi connectivity index (χ2v) is 2.69. The molecule has 0 aliphatic rings. The van der Waals surface area contributed by atoms with E-state index in [0.29, 0.717) is 5.82 Å². The third kappa shape index (κ3) is 1.13. The lowest BCUT2D eigenvalue weighted by atomic mass is 10.5. The zero-order valence-corrected chi connectivity index (χ0v) is 7.22. The summed E-state index contributed by atoms with van der Waals surface area (Å²) in [7, 11) is 1.74. The highest BCUT2D eigenvalue weighted by atomic mass is 16.2. The predicted molar refractivity (Wildman–Crippen MR) is 43.5 cm³/mol. The number of hydrogen-bond acceptors (Lipinski definition) is 4. The molecule has 0 unspecified atom stereocenters. The first-order valence-corrected chi connectivity index (χ1v) is 3.70. The largest absolute Gasteiger partial charge is 0.367 e. The fourth-order valence-corrected chi connectivity index (χ4v) is 1.14. The molecule has 0 fully saturated rings. The summed E-state index contributed by atoms with van der Waals surface area (Å²) in [4.78, 5) is 11.1. The summed E-state index contributed by atoms with van der Waals surface area (Å²) >= 11 is 0. The van der Waals surface area contributed by atoms with Crippen molar-refractivity contribution >= 4 is 0 Å². The fourth-order valence-electron chi connectivity index (χ4n) is 1.14. The zero-order chi connectivity index (χ0) is 9.42. The molecular weight excluding hydrogens is 172 g/mol. The average Bonchev–Trinajstić information content (AvgIpc) is 2.58. The Balaban J connectivity index is 2.65. The van der Waals surface area contributed by atoms with E-state index in [1.807, 2.05) is 6.92 Å². The normalized spacial score (nSPS) is 10.6. The average molecular weight is 180 g/mol. The molecule has 2 heterocycles. The molecule has 0 radical (unpaired) electrons. The van der Waals surface area contributed by atoms with E-state index < -0.39 is 0 Å². The van der Waals surface area contributed by atoms with Gasteiger partial charge in [-0.15, -0.1) is 4.68 Å². The first-order chi connectivity index (χ1) is 6.18. The van der Waals surface area contributed by atoms with Crippen LogP contribution in [0.3, 0.4) is 0 Å². The van der Waals surface area contributed by atoms with Gasteiger partial charge in [0.25, 0.3) is 0 Å². The lowest BCUT2D eigenvalue weighted by molar-refractivity contribution is 0.668. The Bertz CT molecular complexity index is 477. The zero-order valence-electron chi connectivity index (χ0n) is 7.22. The molecule has 0 aliphatic heterocycles. The van der Waals surface area contributed by atoms with Crippen molar-refractivity contribution in [3.05, 3.63) is 22.2 Å². The van der Waals surface area contributed by atoms with Crippen LogP contribution in [0.2, 0.25) is 0 Å². The van der Waals surface area contributed by atoms with E-state index >= 15 is 0 Å². The molecule has 0 atom stereocenters. The standard InChI is InChI=1S/C6H8N6O/c1-4-3-5(11(2)8-4)12-6(13)7-9-10-12/h3H,1-2H3,(H,7,10,13). The van der Waals surface area contributed by atoms with E-state index in [2.05, 4.69) is 20.6 Å². The van der Waals surface area contributed by atoms with Crippen LogP contribution in [0.25, 0.3) is 5.82 Å². The van der Waals surface area contributed by atoms with Gasteiger partial charge in [0.15, 0.2) is 5.82 Å². The maximum atomic E-state index is 11.1. The molecule has 2 aromatic rings. The Morgan fingerprint density at radius 2 is 2.31 bits per heavy atom. The van der Waals surface area contributed by atoms with Gasteiger partial charge in [0.05, 0.1) is 5.69 Å². The van der Waals surface area contributed by atoms with Gasteiger partial charge in [0.2, 0.25) is 0 Å². The number of nitrogens with one attached hydrogen (secondary N) is 1. The van der Waals surface area contributed by atoms with Crippen molar-refractivity contribution in [3.63, 3.8) is 0 Å². The van der Waals surface area contributed by atoms with Crippen LogP contribution in [-0.4, -0.2) is 30.0 Å². The molecule has 1 N–H and O–H groups in total. The first-order valence-electron chi connectivity index (χ1n) is 3.70. The minimum Gasteiger partial charge on any atom is -0.250 e. The molecule has 7 heteroatoms. The molecule has 0 saturated carbocycles. The van der Waals surface area contributed by atoms with Gasteiger partial charge in [0, 0.05) is 13.1 Å². The Hall–Kier alpha value is -1.92. The molecule has 2 rings (SSSR count). The molecule has 7 nitrogen and oxygen atoms in total. The Kier molecular flexibility index (Phi) is 1.51. The molecule has 0 aliphatic carbocycles. The van der Waals surface area contributed by atoms with Gasteiger partial charge < -0.3 is 0 Å². The van der Waals surface area contributed by atoms with E-state index in [1.165, 1.54) is 0 Å². The summed E-state index contributed by atoms with van der Waals surface area (Å²) in [6, 6.07) is 1.75. The van der Waals surface area contributed by atoms with Crippen molar-refractivity contribution in [1.29, 1.82) is 0 Å².